The monoisotopic (exact) mass is 397 g/mol. The van der Waals surface area contributed by atoms with Gasteiger partial charge >= 0.3 is 0 Å². The van der Waals surface area contributed by atoms with Gasteiger partial charge in [0.15, 0.2) is 5.11 Å². The van der Waals surface area contributed by atoms with Crippen LogP contribution in [0.4, 0.5) is 5.69 Å². The number of carbonyl (C=O) groups excluding carboxylic acids is 1. The predicted molar refractivity (Wildman–Crippen MR) is 108 cm³/mol. The van der Waals surface area contributed by atoms with Crippen LogP contribution in [0.15, 0.2) is 29.2 Å². The first kappa shape index (κ1) is 20.8. The second-order valence-corrected chi connectivity index (χ2v) is 8.71. The van der Waals surface area contributed by atoms with Crippen molar-refractivity contribution in [2.75, 3.05) is 5.32 Å². The van der Waals surface area contributed by atoms with Crippen molar-refractivity contribution in [3.05, 3.63) is 24.3 Å². The number of carbonyl (C=O) groups is 1. The maximum absolute atomic E-state index is 12.5. The number of hydrogen-bond donors (Lipinski definition) is 3. The SMILES string of the molecule is CCCCC(=O)NC(=S)Nc1ccc(S(=O)(=O)NC2CCCCC2)cc1. The van der Waals surface area contributed by atoms with Gasteiger partial charge in [-0.1, -0.05) is 32.6 Å². The third-order valence-corrected chi connectivity index (χ3v) is 6.10. The Balaban J connectivity index is 1.90. The second kappa shape index (κ2) is 9.99. The largest absolute Gasteiger partial charge is 0.332 e. The summed E-state index contributed by atoms with van der Waals surface area (Å²) in [7, 11) is -3.51. The number of nitrogens with one attached hydrogen (secondary N) is 3. The number of sulfonamides is 1. The lowest BCUT2D eigenvalue weighted by atomic mass is 9.96. The van der Waals surface area contributed by atoms with E-state index in [0.717, 1.165) is 38.5 Å². The molecule has 26 heavy (non-hydrogen) atoms. The van der Waals surface area contributed by atoms with E-state index >= 15 is 0 Å². The van der Waals surface area contributed by atoms with E-state index in [1.54, 1.807) is 12.1 Å². The first-order chi connectivity index (χ1) is 12.4. The molecule has 144 valence electrons. The Bertz CT molecular complexity index is 712. The summed E-state index contributed by atoms with van der Waals surface area (Å²) in [5.41, 5.74) is 0.627. The van der Waals surface area contributed by atoms with E-state index in [2.05, 4.69) is 15.4 Å². The highest BCUT2D eigenvalue weighted by Crippen LogP contribution is 2.20. The fraction of sp³-hybridized carbons (Fsp3) is 0.556. The normalized spacial score (nSPS) is 15.4. The Labute approximate surface area is 161 Å². The van der Waals surface area contributed by atoms with E-state index in [9.17, 15) is 13.2 Å². The number of benzene rings is 1. The van der Waals surface area contributed by atoms with Crippen LogP contribution >= 0.6 is 12.2 Å². The highest BCUT2D eigenvalue weighted by molar-refractivity contribution is 7.89. The minimum absolute atomic E-state index is 0.0254. The van der Waals surface area contributed by atoms with Gasteiger partial charge in [0.05, 0.1) is 4.90 Å². The van der Waals surface area contributed by atoms with Gasteiger partial charge in [0.25, 0.3) is 0 Å². The summed E-state index contributed by atoms with van der Waals surface area (Å²) in [4.78, 5) is 11.9. The van der Waals surface area contributed by atoms with Crippen LogP contribution in [0, 0.1) is 0 Å². The molecule has 0 radical (unpaired) electrons. The molecule has 1 fully saturated rings. The van der Waals surface area contributed by atoms with Gasteiger partial charge in [0.1, 0.15) is 0 Å². The molecule has 0 atom stereocenters. The van der Waals surface area contributed by atoms with Crippen molar-refractivity contribution in [2.24, 2.45) is 0 Å². The summed E-state index contributed by atoms with van der Waals surface area (Å²) in [6, 6.07) is 6.38. The molecular formula is C18H27N3O3S2. The van der Waals surface area contributed by atoms with E-state index < -0.39 is 10.0 Å². The molecule has 3 N–H and O–H groups in total. The third-order valence-electron chi connectivity index (χ3n) is 4.36. The highest BCUT2D eigenvalue weighted by Gasteiger charge is 2.21. The fourth-order valence-electron chi connectivity index (χ4n) is 2.91. The molecule has 0 aromatic heterocycles. The number of anilines is 1. The summed E-state index contributed by atoms with van der Waals surface area (Å²) in [6.45, 7) is 2.02. The number of unbranched alkanes of at least 4 members (excludes halogenated alkanes) is 1. The number of rotatable bonds is 7. The average Bonchev–Trinajstić information content (AvgIpc) is 2.61. The Morgan fingerprint density at radius 1 is 1.15 bits per heavy atom. The molecule has 0 saturated heterocycles. The molecule has 0 unspecified atom stereocenters. The van der Waals surface area contributed by atoms with Crippen molar-refractivity contribution in [1.29, 1.82) is 0 Å². The van der Waals surface area contributed by atoms with Gasteiger partial charge in [-0.05, 0) is 55.7 Å². The van der Waals surface area contributed by atoms with Gasteiger partial charge in [-0.15, -0.1) is 0 Å². The lowest BCUT2D eigenvalue weighted by Crippen LogP contribution is -2.36. The van der Waals surface area contributed by atoms with Gasteiger partial charge in [-0.25, -0.2) is 13.1 Å². The van der Waals surface area contributed by atoms with Crippen molar-refractivity contribution >= 4 is 38.9 Å². The molecule has 8 heteroatoms. The Hall–Kier alpha value is -1.51. The van der Waals surface area contributed by atoms with Crippen LogP contribution in [0.3, 0.4) is 0 Å². The number of amides is 1. The van der Waals surface area contributed by atoms with E-state index in [4.69, 9.17) is 12.2 Å². The quantitative estimate of drug-likeness (QED) is 0.615. The summed E-state index contributed by atoms with van der Waals surface area (Å²) in [6.07, 6.45) is 7.29. The smallest absolute Gasteiger partial charge is 0.240 e. The average molecular weight is 398 g/mol. The van der Waals surface area contributed by atoms with Gasteiger partial charge in [0, 0.05) is 18.2 Å². The molecule has 1 aliphatic rings. The zero-order valence-corrected chi connectivity index (χ0v) is 16.7. The molecule has 0 spiro atoms. The predicted octanol–water partition coefficient (Wildman–Crippen LogP) is 3.30. The Kier molecular flexibility index (Phi) is 7.99. The van der Waals surface area contributed by atoms with E-state index in [1.165, 1.54) is 18.6 Å². The molecule has 1 amide bonds. The van der Waals surface area contributed by atoms with E-state index in [-0.39, 0.29) is 22.0 Å². The molecule has 0 aliphatic heterocycles. The molecule has 0 heterocycles. The maximum atomic E-state index is 12.5. The first-order valence-electron chi connectivity index (χ1n) is 9.14. The molecule has 1 aromatic rings. The highest BCUT2D eigenvalue weighted by atomic mass is 32.2. The second-order valence-electron chi connectivity index (χ2n) is 6.59. The fourth-order valence-corrected chi connectivity index (χ4v) is 4.45. The molecule has 1 aromatic carbocycles. The lowest BCUT2D eigenvalue weighted by molar-refractivity contribution is -0.119. The maximum Gasteiger partial charge on any atom is 0.240 e. The molecule has 1 saturated carbocycles. The number of hydrogen-bond acceptors (Lipinski definition) is 4. The van der Waals surface area contributed by atoms with Crippen LogP contribution in [0.2, 0.25) is 0 Å². The molecule has 6 nitrogen and oxygen atoms in total. The van der Waals surface area contributed by atoms with Crippen molar-refractivity contribution in [3.63, 3.8) is 0 Å². The van der Waals surface area contributed by atoms with Crippen LogP contribution in [0.25, 0.3) is 0 Å². The van der Waals surface area contributed by atoms with Crippen molar-refractivity contribution < 1.29 is 13.2 Å². The Morgan fingerprint density at radius 2 is 1.81 bits per heavy atom. The summed E-state index contributed by atoms with van der Waals surface area (Å²) in [5.74, 6) is -0.125. The van der Waals surface area contributed by atoms with Gasteiger partial charge < -0.3 is 10.6 Å². The topological polar surface area (TPSA) is 87.3 Å². The van der Waals surface area contributed by atoms with Crippen LogP contribution in [-0.2, 0) is 14.8 Å². The summed E-state index contributed by atoms with van der Waals surface area (Å²) < 4.78 is 27.7. The van der Waals surface area contributed by atoms with Gasteiger partial charge in [0.2, 0.25) is 15.9 Å². The Morgan fingerprint density at radius 3 is 2.42 bits per heavy atom. The molecule has 1 aliphatic carbocycles. The lowest BCUT2D eigenvalue weighted by Gasteiger charge is -2.22. The summed E-state index contributed by atoms with van der Waals surface area (Å²) in [5, 5.41) is 5.72. The zero-order chi connectivity index (χ0) is 19.0. The van der Waals surface area contributed by atoms with Crippen molar-refractivity contribution in [1.82, 2.24) is 10.0 Å². The first-order valence-corrected chi connectivity index (χ1v) is 11.0. The van der Waals surface area contributed by atoms with Crippen molar-refractivity contribution in [3.8, 4) is 0 Å². The van der Waals surface area contributed by atoms with Gasteiger partial charge in [-0.2, -0.15) is 0 Å². The molecule has 0 bridgehead atoms. The minimum Gasteiger partial charge on any atom is -0.332 e. The minimum atomic E-state index is -3.51. The van der Waals surface area contributed by atoms with E-state index in [0.29, 0.717) is 12.1 Å². The van der Waals surface area contributed by atoms with Gasteiger partial charge in [-0.3, -0.25) is 4.79 Å². The summed E-state index contributed by atoms with van der Waals surface area (Å²) >= 11 is 5.10. The van der Waals surface area contributed by atoms with Crippen LogP contribution < -0.4 is 15.4 Å². The molecule has 2 rings (SSSR count). The third kappa shape index (κ3) is 6.66. The molecular weight excluding hydrogens is 370 g/mol. The van der Waals surface area contributed by atoms with E-state index in [1.807, 2.05) is 6.92 Å². The van der Waals surface area contributed by atoms with Crippen LogP contribution in [0.5, 0.6) is 0 Å². The standard InChI is InChI=1S/C18H27N3O3S2/c1-2-3-9-17(22)20-18(25)19-14-10-12-16(13-11-14)26(23,24)21-15-7-5-4-6-8-15/h10-13,15,21H,2-9H2,1H3,(H2,19,20,22,25). The zero-order valence-electron chi connectivity index (χ0n) is 15.1. The van der Waals surface area contributed by atoms with Crippen LogP contribution in [0.1, 0.15) is 58.3 Å². The van der Waals surface area contributed by atoms with Crippen molar-refractivity contribution in [2.45, 2.75) is 69.2 Å². The number of thiocarbonyl (C=S) groups is 1. The van der Waals surface area contributed by atoms with Crippen LogP contribution in [-0.4, -0.2) is 25.5 Å².